The monoisotopic (exact) mass is 251 g/mol. The van der Waals surface area contributed by atoms with Gasteiger partial charge in [-0.3, -0.25) is 4.68 Å². The van der Waals surface area contributed by atoms with Gasteiger partial charge in [0, 0.05) is 23.8 Å². The van der Waals surface area contributed by atoms with Crippen molar-refractivity contribution in [2.24, 2.45) is 5.92 Å². The third-order valence-electron chi connectivity index (χ3n) is 3.81. The van der Waals surface area contributed by atoms with Crippen LogP contribution in [0.3, 0.4) is 0 Å². The van der Waals surface area contributed by atoms with E-state index in [1.54, 1.807) is 0 Å². The number of hydrogen-bond donors (Lipinski definition) is 1. The van der Waals surface area contributed by atoms with Gasteiger partial charge >= 0.3 is 0 Å². The summed E-state index contributed by atoms with van der Waals surface area (Å²) in [5.74, 6) is 0.704. The fourth-order valence-corrected chi connectivity index (χ4v) is 2.82. The average molecular weight is 251 g/mol. The van der Waals surface area contributed by atoms with Crippen LogP contribution in [-0.4, -0.2) is 16.8 Å². The Morgan fingerprint density at radius 3 is 2.44 bits per heavy atom. The lowest BCUT2D eigenvalue weighted by Gasteiger charge is -2.16. The Bertz CT molecular complexity index is 364. The molecular formula is C15H29N3. The highest BCUT2D eigenvalue weighted by atomic mass is 15.3. The molecule has 0 fully saturated rings. The van der Waals surface area contributed by atoms with Crippen LogP contribution in [-0.2, 0) is 6.54 Å². The molecule has 0 aliphatic carbocycles. The Labute approximate surface area is 112 Å². The Balaban J connectivity index is 2.93. The third-order valence-corrected chi connectivity index (χ3v) is 3.81. The molecule has 1 N–H and O–H groups in total. The largest absolute Gasteiger partial charge is 0.313 e. The van der Waals surface area contributed by atoms with E-state index in [0.29, 0.717) is 12.0 Å². The zero-order valence-electron chi connectivity index (χ0n) is 12.9. The number of nitrogens with zero attached hydrogens (tertiary/aromatic N) is 2. The van der Waals surface area contributed by atoms with Crippen molar-refractivity contribution in [1.82, 2.24) is 15.1 Å². The van der Waals surface area contributed by atoms with Crippen LogP contribution in [0.4, 0.5) is 0 Å². The molecule has 0 spiro atoms. The molecule has 0 radical (unpaired) electrons. The van der Waals surface area contributed by atoms with Crippen molar-refractivity contribution in [3.8, 4) is 0 Å². The third kappa shape index (κ3) is 3.35. The molecule has 3 nitrogen and oxygen atoms in total. The van der Waals surface area contributed by atoms with Crippen LogP contribution in [0, 0.1) is 19.8 Å². The zero-order chi connectivity index (χ0) is 13.7. The normalized spacial score (nSPS) is 14.8. The lowest BCUT2D eigenvalue weighted by molar-refractivity contribution is 0.413. The van der Waals surface area contributed by atoms with E-state index in [9.17, 15) is 0 Å². The van der Waals surface area contributed by atoms with Crippen LogP contribution >= 0.6 is 0 Å². The summed E-state index contributed by atoms with van der Waals surface area (Å²) in [6.45, 7) is 12.2. The molecule has 1 aromatic rings. The van der Waals surface area contributed by atoms with E-state index in [1.165, 1.54) is 29.8 Å². The molecule has 1 rings (SSSR count). The molecule has 0 aliphatic heterocycles. The summed E-state index contributed by atoms with van der Waals surface area (Å²) < 4.78 is 2.20. The standard InChI is InChI=1S/C15H29N3/c1-7-9-11(3)10-18-13(5)15(12(4)17-18)14(8-2)16-6/h11,14,16H,7-10H2,1-6H3. The van der Waals surface area contributed by atoms with Gasteiger partial charge in [-0.05, 0) is 39.7 Å². The SMILES string of the molecule is CCCC(C)Cn1nc(C)c(C(CC)NC)c1C. The van der Waals surface area contributed by atoms with Gasteiger partial charge in [-0.2, -0.15) is 5.10 Å². The summed E-state index contributed by atoms with van der Waals surface area (Å²) in [6.07, 6.45) is 3.63. The van der Waals surface area contributed by atoms with Crippen LogP contribution in [0.15, 0.2) is 0 Å². The first-order valence-corrected chi connectivity index (χ1v) is 7.26. The van der Waals surface area contributed by atoms with Crippen LogP contribution in [0.1, 0.15) is 63.0 Å². The molecule has 0 aromatic carbocycles. The number of nitrogens with one attached hydrogen (secondary N) is 1. The molecule has 1 heterocycles. The molecule has 1 aromatic heterocycles. The van der Waals surface area contributed by atoms with Crippen molar-refractivity contribution >= 4 is 0 Å². The Hall–Kier alpha value is -0.830. The predicted octanol–water partition coefficient (Wildman–Crippen LogP) is 3.61. The molecule has 18 heavy (non-hydrogen) atoms. The minimum Gasteiger partial charge on any atom is -0.313 e. The zero-order valence-corrected chi connectivity index (χ0v) is 12.9. The second-order valence-corrected chi connectivity index (χ2v) is 5.41. The van der Waals surface area contributed by atoms with Crippen molar-refractivity contribution in [3.05, 3.63) is 17.0 Å². The summed E-state index contributed by atoms with van der Waals surface area (Å²) in [5, 5.41) is 8.11. The van der Waals surface area contributed by atoms with Crippen molar-refractivity contribution < 1.29 is 0 Å². The van der Waals surface area contributed by atoms with E-state index in [0.717, 1.165) is 13.0 Å². The summed E-state index contributed by atoms with van der Waals surface area (Å²) in [7, 11) is 2.03. The first kappa shape index (κ1) is 15.2. The first-order chi connectivity index (χ1) is 8.54. The molecule has 0 bridgehead atoms. The highest BCUT2D eigenvalue weighted by Gasteiger charge is 2.18. The number of rotatable bonds is 7. The van der Waals surface area contributed by atoms with E-state index in [2.05, 4.69) is 44.6 Å². The average Bonchev–Trinajstić information content (AvgIpc) is 2.59. The van der Waals surface area contributed by atoms with E-state index < -0.39 is 0 Å². The lowest BCUT2D eigenvalue weighted by Crippen LogP contribution is -2.17. The molecule has 0 aliphatic rings. The molecule has 3 heteroatoms. The second-order valence-electron chi connectivity index (χ2n) is 5.41. The van der Waals surface area contributed by atoms with E-state index in [4.69, 9.17) is 5.10 Å². The Kier molecular flexibility index (Phi) is 5.86. The maximum Gasteiger partial charge on any atom is 0.0644 e. The second kappa shape index (κ2) is 6.93. The number of aryl methyl sites for hydroxylation is 1. The first-order valence-electron chi connectivity index (χ1n) is 7.26. The fraction of sp³-hybridized carbons (Fsp3) is 0.800. The quantitative estimate of drug-likeness (QED) is 0.802. The van der Waals surface area contributed by atoms with Gasteiger partial charge in [0.05, 0.1) is 5.69 Å². The van der Waals surface area contributed by atoms with E-state index in [1.807, 2.05) is 7.05 Å². The van der Waals surface area contributed by atoms with Gasteiger partial charge in [-0.15, -0.1) is 0 Å². The van der Waals surface area contributed by atoms with E-state index >= 15 is 0 Å². The molecule has 0 amide bonds. The van der Waals surface area contributed by atoms with Gasteiger partial charge in [0.15, 0.2) is 0 Å². The van der Waals surface area contributed by atoms with Gasteiger partial charge in [0.25, 0.3) is 0 Å². The summed E-state index contributed by atoms with van der Waals surface area (Å²) in [5.41, 5.74) is 3.90. The summed E-state index contributed by atoms with van der Waals surface area (Å²) in [6, 6.07) is 0.431. The van der Waals surface area contributed by atoms with Gasteiger partial charge < -0.3 is 5.32 Å². The maximum atomic E-state index is 4.73. The molecule has 2 atom stereocenters. The summed E-state index contributed by atoms with van der Waals surface area (Å²) in [4.78, 5) is 0. The minimum atomic E-state index is 0.431. The van der Waals surface area contributed by atoms with Crippen LogP contribution in [0.2, 0.25) is 0 Å². The minimum absolute atomic E-state index is 0.431. The van der Waals surface area contributed by atoms with Crippen LogP contribution < -0.4 is 5.32 Å². The Morgan fingerprint density at radius 1 is 1.28 bits per heavy atom. The number of hydrogen-bond acceptors (Lipinski definition) is 2. The van der Waals surface area contributed by atoms with Gasteiger partial charge in [0.1, 0.15) is 0 Å². The molecule has 0 saturated carbocycles. The highest BCUT2D eigenvalue weighted by molar-refractivity contribution is 5.28. The molecule has 0 saturated heterocycles. The van der Waals surface area contributed by atoms with Gasteiger partial charge in [0.2, 0.25) is 0 Å². The molecule has 2 unspecified atom stereocenters. The Morgan fingerprint density at radius 2 is 1.94 bits per heavy atom. The topological polar surface area (TPSA) is 29.9 Å². The maximum absolute atomic E-state index is 4.73. The van der Waals surface area contributed by atoms with Crippen molar-refractivity contribution in [3.63, 3.8) is 0 Å². The smallest absolute Gasteiger partial charge is 0.0644 e. The van der Waals surface area contributed by atoms with Crippen LogP contribution in [0.5, 0.6) is 0 Å². The number of aromatic nitrogens is 2. The van der Waals surface area contributed by atoms with Crippen molar-refractivity contribution in [2.75, 3.05) is 7.05 Å². The van der Waals surface area contributed by atoms with Crippen LogP contribution in [0.25, 0.3) is 0 Å². The molecule has 104 valence electrons. The predicted molar refractivity (Wildman–Crippen MR) is 77.9 cm³/mol. The summed E-state index contributed by atoms with van der Waals surface area (Å²) >= 11 is 0. The highest BCUT2D eigenvalue weighted by Crippen LogP contribution is 2.24. The van der Waals surface area contributed by atoms with E-state index in [-0.39, 0.29) is 0 Å². The molecular weight excluding hydrogens is 222 g/mol. The lowest BCUT2D eigenvalue weighted by atomic mass is 10.0. The van der Waals surface area contributed by atoms with Crippen molar-refractivity contribution in [2.45, 2.75) is 66.5 Å². The van der Waals surface area contributed by atoms with Crippen molar-refractivity contribution in [1.29, 1.82) is 0 Å². The van der Waals surface area contributed by atoms with Gasteiger partial charge in [-0.25, -0.2) is 0 Å². The van der Waals surface area contributed by atoms with Gasteiger partial charge in [-0.1, -0.05) is 27.2 Å². The fourth-order valence-electron chi connectivity index (χ4n) is 2.82.